The number of piperidine rings is 1. The van der Waals surface area contributed by atoms with E-state index in [2.05, 4.69) is 66.4 Å². The molecule has 16 nitrogen and oxygen atoms in total. The summed E-state index contributed by atoms with van der Waals surface area (Å²) >= 11 is 7.63. The predicted molar refractivity (Wildman–Crippen MR) is 304 cm³/mol. The van der Waals surface area contributed by atoms with Crippen molar-refractivity contribution in [2.75, 3.05) is 81.4 Å². The molecule has 9 rings (SSSR count). The molecule has 4 heterocycles. The summed E-state index contributed by atoms with van der Waals surface area (Å²) in [5.74, 6) is -1.99. The van der Waals surface area contributed by atoms with E-state index in [1.165, 1.54) is 40.6 Å². The summed E-state index contributed by atoms with van der Waals surface area (Å²) in [7, 11) is -11.0. The van der Waals surface area contributed by atoms with E-state index in [0.29, 0.717) is 74.6 Å². The third-order valence-electron chi connectivity index (χ3n) is 15.3. The number of thioether (sulfide) groups is 1. The Kier molecular flexibility index (Phi) is 18.4. The van der Waals surface area contributed by atoms with Gasteiger partial charge in [-0.3, -0.25) is 29.5 Å². The number of rotatable bonds is 19. The van der Waals surface area contributed by atoms with Gasteiger partial charge < -0.3 is 15.1 Å². The second-order valence-corrected chi connectivity index (χ2v) is 26.8. The number of benzene rings is 4. The minimum atomic E-state index is -6.13. The largest absolute Gasteiger partial charge is 0.501 e. The Bertz CT molecular complexity index is 3300. The average molecular weight is 1180 g/mol. The SMILES string of the molecule is CC1(C)CCC(c2ccc(Cl)cc2)=C(CN2CCN(c3ccc(C(=O)NS(=O)(=O)c4ccc(N[C@H](CCN5CCN(Cc6cnnc(C7CCC(=O)NC7=O)c6)CC5)CSc5ccccc5)c(S(=O)(=O)C(F)(F)F)c4)cc3)CC2)C1. The van der Waals surface area contributed by atoms with Crippen molar-refractivity contribution in [3.8, 4) is 0 Å². The smallest absolute Gasteiger partial charge is 0.380 e. The van der Waals surface area contributed by atoms with Crippen LogP contribution in [0.15, 0.2) is 130 Å². The van der Waals surface area contributed by atoms with Crippen molar-refractivity contribution in [2.24, 2.45) is 5.41 Å². The zero-order valence-corrected chi connectivity index (χ0v) is 47.8. The van der Waals surface area contributed by atoms with Crippen molar-refractivity contribution in [3.63, 3.8) is 0 Å². The summed E-state index contributed by atoms with van der Waals surface area (Å²) in [5, 5.41) is 14.4. The summed E-state index contributed by atoms with van der Waals surface area (Å²) in [4.78, 5) is 45.5. The number of halogens is 4. The number of carbonyl (C=O) groups excluding carboxylic acids is 3. The lowest BCUT2D eigenvalue weighted by molar-refractivity contribution is -0.134. The van der Waals surface area contributed by atoms with Crippen molar-refractivity contribution in [1.29, 1.82) is 0 Å². The van der Waals surface area contributed by atoms with E-state index in [1.54, 1.807) is 18.3 Å². The predicted octanol–water partition coefficient (Wildman–Crippen LogP) is 8.63. The molecule has 4 aromatic carbocycles. The number of aromatic nitrogens is 2. The van der Waals surface area contributed by atoms with E-state index >= 15 is 0 Å². The number of sulfonamides is 1. The molecule has 3 aliphatic heterocycles. The number of allylic oxidation sites excluding steroid dienone is 1. The second-order valence-electron chi connectivity index (χ2n) is 21.6. The van der Waals surface area contributed by atoms with E-state index in [-0.39, 0.29) is 23.3 Å². The number of sulfone groups is 1. The first-order valence-corrected chi connectivity index (χ1v) is 31.0. The van der Waals surface area contributed by atoms with Gasteiger partial charge in [-0.1, -0.05) is 61.4 Å². The van der Waals surface area contributed by atoms with E-state index in [0.717, 1.165) is 80.3 Å². The van der Waals surface area contributed by atoms with Crippen LogP contribution in [0.3, 0.4) is 0 Å². The fraction of sp³-hybridized carbons (Fsp3) is 0.421. The van der Waals surface area contributed by atoms with Crippen LogP contribution in [0.25, 0.3) is 5.57 Å². The molecule has 426 valence electrons. The van der Waals surface area contributed by atoms with E-state index < -0.39 is 64.6 Å². The van der Waals surface area contributed by atoms with E-state index in [4.69, 9.17) is 11.6 Å². The molecule has 1 unspecified atom stereocenters. The second kappa shape index (κ2) is 25.1. The van der Waals surface area contributed by atoms with Gasteiger partial charge in [0.05, 0.1) is 28.4 Å². The minimum Gasteiger partial charge on any atom is -0.380 e. The Hall–Kier alpha value is -5.88. The maximum atomic E-state index is 14.5. The Morgan fingerprint density at radius 3 is 2.20 bits per heavy atom. The standard InChI is InChI=1S/C57H65ClF3N9O7S3/c1-56(2)22-20-48(40-8-12-43(58)13-9-40)42(34-56)37-69-28-30-70(31-29-69)45-14-10-41(11-15-45)54(72)66-80(76,77)47-16-18-50(52(33-47)79(74,75)57(59,60)61)63-44(38-78-46-6-4-3-5-7-46)21-23-67-24-26-68(27-25-67)36-39-32-51(65-62-35-39)49-17-19-53(71)64-55(49)73/h3-16,18,32-33,35,44,49,63H,17,19-31,34,36-38H2,1-2H3,(H,66,72)(H,64,71,73)/t44-,49?/m1/s1. The molecule has 0 bridgehead atoms. The molecule has 2 atom stereocenters. The first-order chi connectivity index (χ1) is 38.1. The summed E-state index contributed by atoms with van der Waals surface area (Å²) in [6.07, 6.45) is 5.72. The molecule has 80 heavy (non-hydrogen) atoms. The summed E-state index contributed by atoms with van der Waals surface area (Å²) in [6.45, 7) is 12.2. The highest BCUT2D eigenvalue weighted by Crippen LogP contribution is 2.43. The van der Waals surface area contributed by atoms with Gasteiger partial charge in [-0.15, -0.1) is 11.8 Å². The van der Waals surface area contributed by atoms with Crippen molar-refractivity contribution < 1.29 is 44.4 Å². The van der Waals surface area contributed by atoms with Crippen LogP contribution in [-0.2, 0) is 36.0 Å². The number of anilines is 2. The fourth-order valence-corrected chi connectivity index (χ4v) is 13.9. The van der Waals surface area contributed by atoms with Crippen LogP contribution in [0.4, 0.5) is 24.5 Å². The highest BCUT2D eigenvalue weighted by molar-refractivity contribution is 7.99. The molecule has 4 aliphatic rings. The maximum Gasteiger partial charge on any atom is 0.501 e. The van der Waals surface area contributed by atoms with Crippen molar-refractivity contribution >= 4 is 77.9 Å². The van der Waals surface area contributed by atoms with Crippen molar-refractivity contribution in [2.45, 2.75) is 91.1 Å². The average Bonchev–Trinajstić information content (AvgIpc) is 3.43. The molecule has 23 heteroatoms. The van der Waals surface area contributed by atoms with Crippen LogP contribution >= 0.6 is 23.4 Å². The number of nitrogens with one attached hydrogen (secondary N) is 3. The molecule has 3 amide bonds. The summed E-state index contributed by atoms with van der Waals surface area (Å²) < 4.78 is 99.5. The van der Waals surface area contributed by atoms with Crippen LogP contribution in [0.1, 0.15) is 85.5 Å². The Morgan fingerprint density at radius 1 is 0.838 bits per heavy atom. The molecule has 1 aromatic heterocycles. The van der Waals surface area contributed by atoms with Gasteiger partial charge >= 0.3 is 5.51 Å². The number of nitrogens with zero attached hydrogens (tertiary/aromatic N) is 6. The molecule has 3 fully saturated rings. The highest BCUT2D eigenvalue weighted by Gasteiger charge is 2.48. The van der Waals surface area contributed by atoms with Gasteiger partial charge in [-0.05, 0) is 127 Å². The number of piperazine rings is 2. The lowest BCUT2D eigenvalue weighted by Gasteiger charge is -2.39. The number of amides is 3. The monoisotopic (exact) mass is 1180 g/mol. The minimum absolute atomic E-state index is 0.0224. The summed E-state index contributed by atoms with van der Waals surface area (Å²) in [5.41, 5.74) is 0.181. The molecule has 5 aromatic rings. The van der Waals surface area contributed by atoms with Crippen LogP contribution < -0.4 is 20.3 Å². The van der Waals surface area contributed by atoms with Crippen LogP contribution in [0.2, 0.25) is 5.02 Å². The molecule has 3 N–H and O–H groups in total. The number of imide groups is 1. The van der Waals surface area contributed by atoms with Gasteiger partial charge in [0, 0.05) is 111 Å². The van der Waals surface area contributed by atoms with Gasteiger partial charge in [-0.25, -0.2) is 21.6 Å². The van der Waals surface area contributed by atoms with Gasteiger partial charge in [0.15, 0.2) is 0 Å². The maximum absolute atomic E-state index is 14.5. The normalized spacial score (nSPS) is 19.4. The zero-order chi connectivity index (χ0) is 56.8. The van der Waals surface area contributed by atoms with Gasteiger partial charge in [0.2, 0.25) is 11.8 Å². The fourth-order valence-electron chi connectivity index (χ4n) is 10.8. The van der Waals surface area contributed by atoms with Crippen molar-refractivity contribution in [3.05, 3.63) is 142 Å². The lowest BCUT2D eigenvalue weighted by atomic mass is 9.73. The number of alkyl halides is 3. The third kappa shape index (κ3) is 14.8. The molecular weight excluding hydrogens is 1110 g/mol. The molecular formula is C57H65ClF3N9O7S3. The van der Waals surface area contributed by atoms with E-state index in [9.17, 15) is 44.4 Å². The number of hydrogen-bond donors (Lipinski definition) is 3. The highest BCUT2D eigenvalue weighted by atomic mass is 35.5. The molecule has 0 spiro atoms. The molecule has 0 radical (unpaired) electrons. The lowest BCUT2D eigenvalue weighted by Crippen LogP contribution is -2.47. The van der Waals surface area contributed by atoms with Gasteiger partial charge in [0.25, 0.3) is 25.8 Å². The Labute approximate surface area is 474 Å². The van der Waals surface area contributed by atoms with Gasteiger partial charge in [-0.2, -0.15) is 23.4 Å². The van der Waals surface area contributed by atoms with Crippen LogP contribution in [0.5, 0.6) is 0 Å². The quantitative estimate of drug-likeness (QED) is 0.0525. The molecule has 3 saturated heterocycles. The topological polar surface area (TPSA) is 194 Å². The van der Waals surface area contributed by atoms with Gasteiger partial charge in [0.1, 0.15) is 4.90 Å². The number of carbonyl (C=O) groups is 3. The first kappa shape index (κ1) is 58.8. The molecule has 0 saturated carbocycles. The zero-order valence-electron chi connectivity index (χ0n) is 44.6. The van der Waals surface area contributed by atoms with E-state index in [1.807, 2.05) is 53.3 Å². The van der Waals surface area contributed by atoms with Crippen molar-refractivity contribution in [1.82, 2.24) is 34.9 Å². The Balaban J connectivity index is 0.833. The summed E-state index contributed by atoms with van der Waals surface area (Å²) in [6, 6.07) is 27.4. The van der Waals surface area contributed by atoms with Crippen LogP contribution in [-0.4, -0.2) is 142 Å². The number of hydrogen-bond acceptors (Lipinski definition) is 15. The van der Waals surface area contributed by atoms with Crippen LogP contribution in [0, 0.1) is 5.41 Å². The third-order valence-corrected chi connectivity index (χ3v) is 19.6. The first-order valence-electron chi connectivity index (χ1n) is 26.7. The molecule has 1 aliphatic carbocycles. The Morgan fingerprint density at radius 2 is 1.51 bits per heavy atom.